The molecular weight excluding hydrogens is 284 g/mol. The summed E-state index contributed by atoms with van der Waals surface area (Å²) in [4.78, 5) is 0. The fraction of sp³-hybridized carbons (Fsp3) is 0.200. The van der Waals surface area contributed by atoms with Gasteiger partial charge in [-0.2, -0.15) is 0 Å². The van der Waals surface area contributed by atoms with Crippen LogP contribution in [0.3, 0.4) is 0 Å². The van der Waals surface area contributed by atoms with Crippen molar-refractivity contribution in [3.8, 4) is 11.5 Å². The van der Waals surface area contributed by atoms with Crippen LogP contribution in [0.15, 0.2) is 36.4 Å². The number of benzene rings is 2. The predicted octanol–water partition coefficient (Wildman–Crippen LogP) is 4.30. The third kappa shape index (κ3) is 3.68. The van der Waals surface area contributed by atoms with Crippen LogP contribution in [0.4, 0.5) is 8.78 Å². The van der Waals surface area contributed by atoms with E-state index in [0.29, 0.717) is 17.2 Å². The van der Waals surface area contributed by atoms with Gasteiger partial charge in [-0.1, -0.05) is 17.7 Å². The van der Waals surface area contributed by atoms with E-state index in [-0.39, 0.29) is 11.8 Å². The van der Waals surface area contributed by atoms with Crippen molar-refractivity contribution < 1.29 is 13.5 Å². The van der Waals surface area contributed by atoms with Crippen molar-refractivity contribution in [1.82, 2.24) is 0 Å². The van der Waals surface area contributed by atoms with E-state index < -0.39 is 11.6 Å². The second-order valence-electron chi connectivity index (χ2n) is 4.61. The molecule has 0 bridgehead atoms. The first kappa shape index (κ1) is 14.8. The molecule has 0 amide bonds. The van der Waals surface area contributed by atoms with E-state index in [1.165, 1.54) is 6.07 Å². The maximum absolute atomic E-state index is 13.5. The minimum Gasteiger partial charge on any atom is -0.454 e. The van der Waals surface area contributed by atoms with Crippen LogP contribution in [-0.4, -0.2) is 6.04 Å². The molecule has 2 rings (SSSR count). The number of hydrogen-bond donors (Lipinski definition) is 1. The zero-order chi connectivity index (χ0) is 14.7. The van der Waals surface area contributed by atoms with E-state index in [2.05, 4.69) is 0 Å². The lowest BCUT2D eigenvalue weighted by Crippen LogP contribution is -2.17. The molecule has 0 heterocycles. The number of halogens is 3. The SMILES string of the molecule is CC(N)Cc1ccc(Oc2ccc(F)cc2F)cc1Cl. The molecule has 106 valence electrons. The molecule has 1 unspecified atom stereocenters. The van der Waals surface area contributed by atoms with Gasteiger partial charge in [0.05, 0.1) is 0 Å². The minimum absolute atomic E-state index is 0.00573. The summed E-state index contributed by atoms with van der Waals surface area (Å²) in [6.45, 7) is 1.88. The van der Waals surface area contributed by atoms with E-state index in [0.717, 1.165) is 17.7 Å². The van der Waals surface area contributed by atoms with Crippen LogP contribution in [0.25, 0.3) is 0 Å². The van der Waals surface area contributed by atoms with Crippen LogP contribution in [0.2, 0.25) is 5.02 Å². The average molecular weight is 298 g/mol. The molecule has 0 aliphatic carbocycles. The lowest BCUT2D eigenvalue weighted by molar-refractivity contribution is 0.437. The Bertz CT molecular complexity index is 617. The first-order valence-electron chi connectivity index (χ1n) is 6.12. The van der Waals surface area contributed by atoms with Gasteiger partial charge in [0.15, 0.2) is 11.6 Å². The summed E-state index contributed by atoms with van der Waals surface area (Å²) in [5, 5.41) is 0.502. The van der Waals surface area contributed by atoms with E-state index in [4.69, 9.17) is 22.1 Å². The van der Waals surface area contributed by atoms with Crippen LogP contribution < -0.4 is 10.5 Å². The van der Waals surface area contributed by atoms with Gasteiger partial charge in [0.2, 0.25) is 0 Å². The highest BCUT2D eigenvalue weighted by Gasteiger charge is 2.09. The highest BCUT2D eigenvalue weighted by molar-refractivity contribution is 6.31. The lowest BCUT2D eigenvalue weighted by Gasteiger charge is -2.11. The highest BCUT2D eigenvalue weighted by Crippen LogP contribution is 2.29. The van der Waals surface area contributed by atoms with Crippen molar-refractivity contribution in [2.75, 3.05) is 0 Å². The number of hydrogen-bond acceptors (Lipinski definition) is 2. The van der Waals surface area contributed by atoms with Gasteiger partial charge in [-0.15, -0.1) is 0 Å². The zero-order valence-corrected chi connectivity index (χ0v) is 11.6. The van der Waals surface area contributed by atoms with Crippen molar-refractivity contribution in [2.45, 2.75) is 19.4 Å². The van der Waals surface area contributed by atoms with Gasteiger partial charge in [-0.25, -0.2) is 8.78 Å². The molecule has 0 radical (unpaired) electrons. The summed E-state index contributed by atoms with van der Waals surface area (Å²) in [5.41, 5.74) is 6.61. The van der Waals surface area contributed by atoms with Crippen LogP contribution in [0, 0.1) is 11.6 Å². The highest BCUT2D eigenvalue weighted by atomic mass is 35.5. The summed E-state index contributed by atoms with van der Waals surface area (Å²) in [7, 11) is 0. The Balaban J connectivity index is 2.20. The third-order valence-electron chi connectivity index (χ3n) is 2.69. The number of nitrogens with two attached hydrogens (primary N) is 1. The first-order chi connectivity index (χ1) is 9.45. The molecule has 2 aromatic carbocycles. The van der Waals surface area contributed by atoms with Gasteiger partial charge in [0.25, 0.3) is 0 Å². The second kappa shape index (κ2) is 6.20. The zero-order valence-electron chi connectivity index (χ0n) is 10.9. The fourth-order valence-electron chi connectivity index (χ4n) is 1.79. The van der Waals surface area contributed by atoms with Gasteiger partial charge in [-0.05, 0) is 43.2 Å². The maximum Gasteiger partial charge on any atom is 0.168 e. The molecule has 0 aromatic heterocycles. The minimum atomic E-state index is -0.763. The summed E-state index contributed by atoms with van der Waals surface area (Å²) < 4.78 is 31.6. The fourth-order valence-corrected chi connectivity index (χ4v) is 2.04. The number of rotatable bonds is 4. The van der Waals surface area contributed by atoms with E-state index in [1.807, 2.05) is 6.92 Å². The molecule has 5 heteroatoms. The van der Waals surface area contributed by atoms with Gasteiger partial charge >= 0.3 is 0 Å². The Labute approximate surface area is 121 Å². The van der Waals surface area contributed by atoms with Crippen molar-refractivity contribution in [3.63, 3.8) is 0 Å². The summed E-state index contributed by atoms with van der Waals surface area (Å²) in [5.74, 6) is -1.09. The molecule has 2 N–H and O–H groups in total. The Morgan fingerprint density at radius 3 is 2.55 bits per heavy atom. The van der Waals surface area contributed by atoms with Gasteiger partial charge < -0.3 is 10.5 Å². The first-order valence-corrected chi connectivity index (χ1v) is 6.50. The van der Waals surface area contributed by atoms with Gasteiger partial charge in [-0.3, -0.25) is 0 Å². The smallest absolute Gasteiger partial charge is 0.168 e. The van der Waals surface area contributed by atoms with E-state index in [9.17, 15) is 8.78 Å². The predicted molar refractivity (Wildman–Crippen MR) is 75.2 cm³/mol. The Hall–Kier alpha value is -1.65. The average Bonchev–Trinajstić information content (AvgIpc) is 2.36. The topological polar surface area (TPSA) is 35.2 Å². The molecule has 0 aliphatic rings. The summed E-state index contributed by atoms with van der Waals surface area (Å²) >= 11 is 6.12. The van der Waals surface area contributed by atoms with Crippen LogP contribution in [0.5, 0.6) is 11.5 Å². The quantitative estimate of drug-likeness (QED) is 0.913. The van der Waals surface area contributed by atoms with Crippen molar-refractivity contribution in [3.05, 3.63) is 58.6 Å². The molecule has 2 nitrogen and oxygen atoms in total. The Morgan fingerprint density at radius 1 is 1.20 bits per heavy atom. The molecule has 0 spiro atoms. The molecule has 0 saturated heterocycles. The van der Waals surface area contributed by atoms with Gasteiger partial charge in [0.1, 0.15) is 11.6 Å². The van der Waals surface area contributed by atoms with E-state index in [1.54, 1.807) is 18.2 Å². The molecule has 2 aromatic rings. The normalized spacial score (nSPS) is 12.2. The van der Waals surface area contributed by atoms with Crippen molar-refractivity contribution in [2.24, 2.45) is 5.73 Å². The standard InChI is InChI=1S/C15H14ClF2NO/c1-9(19)6-10-2-4-12(8-13(10)16)20-15-5-3-11(17)7-14(15)18/h2-5,7-9H,6,19H2,1H3. The largest absolute Gasteiger partial charge is 0.454 e. The molecule has 1 atom stereocenters. The van der Waals surface area contributed by atoms with Crippen LogP contribution >= 0.6 is 11.6 Å². The molecular formula is C15H14ClF2NO. The summed E-state index contributed by atoms with van der Waals surface area (Å²) in [6, 6.07) is 8.16. The summed E-state index contributed by atoms with van der Waals surface area (Å²) in [6.07, 6.45) is 0.643. The molecule has 0 fully saturated rings. The molecule has 20 heavy (non-hydrogen) atoms. The van der Waals surface area contributed by atoms with Gasteiger partial charge in [0, 0.05) is 17.1 Å². The van der Waals surface area contributed by atoms with Crippen molar-refractivity contribution in [1.29, 1.82) is 0 Å². The Morgan fingerprint density at radius 2 is 1.95 bits per heavy atom. The lowest BCUT2D eigenvalue weighted by atomic mass is 10.1. The van der Waals surface area contributed by atoms with Crippen molar-refractivity contribution >= 4 is 11.6 Å². The monoisotopic (exact) mass is 297 g/mol. The molecule has 0 saturated carbocycles. The second-order valence-corrected chi connectivity index (χ2v) is 5.02. The van der Waals surface area contributed by atoms with Crippen LogP contribution in [0.1, 0.15) is 12.5 Å². The van der Waals surface area contributed by atoms with Crippen LogP contribution in [-0.2, 0) is 6.42 Å². The number of ether oxygens (including phenoxy) is 1. The Kier molecular flexibility index (Phi) is 4.57. The maximum atomic E-state index is 13.5. The molecule has 0 aliphatic heterocycles. The third-order valence-corrected chi connectivity index (χ3v) is 3.04. The van der Waals surface area contributed by atoms with E-state index >= 15 is 0 Å².